The highest BCUT2D eigenvalue weighted by Crippen LogP contribution is 2.43. The van der Waals surface area contributed by atoms with Crippen LogP contribution in [0.2, 0.25) is 0 Å². The number of rotatable bonds is 5. The van der Waals surface area contributed by atoms with E-state index in [1.165, 1.54) is 6.33 Å². The second-order valence-electron chi connectivity index (χ2n) is 9.57. The number of nitrogen functional groups attached to an aromatic ring is 1. The number of halogens is 1. The Morgan fingerprint density at radius 3 is 2.60 bits per heavy atom. The van der Waals surface area contributed by atoms with Crippen LogP contribution in [0.15, 0.2) is 61.2 Å². The van der Waals surface area contributed by atoms with E-state index < -0.39 is 0 Å². The summed E-state index contributed by atoms with van der Waals surface area (Å²) in [5.41, 5.74) is 9.82. The van der Waals surface area contributed by atoms with E-state index in [2.05, 4.69) is 43.5 Å². The topological polar surface area (TPSA) is 85.8 Å². The molecule has 0 radical (unpaired) electrons. The molecule has 1 aliphatic rings. The maximum Gasteiger partial charge on any atom is 0.157 e. The number of benzene rings is 1. The minimum absolute atomic E-state index is 0.302. The molecule has 1 fully saturated rings. The van der Waals surface area contributed by atoms with Gasteiger partial charge < -0.3 is 15.2 Å². The molecule has 4 heterocycles. The second kappa shape index (κ2) is 8.39. The molecular formula is C27H26FN7. The highest BCUT2D eigenvalue weighted by atomic mass is 19.1. The van der Waals surface area contributed by atoms with Gasteiger partial charge in [0.05, 0.1) is 16.8 Å². The van der Waals surface area contributed by atoms with E-state index in [1.807, 2.05) is 42.6 Å². The van der Waals surface area contributed by atoms with Gasteiger partial charge in [-0.1, -0.05) is 24.3 Å². The Labute approximate surface area is 202 Å². The average molecular weight is 468 g/mol. The molecule has 1 aromatic carbocycles. The number of aromatic nitrogens is 5. The van der Waals surface area contributed by atoms with Gasteiger partial charge in [-0.05, 0) is 51.1 Å². The third kappa shape index (κ3) is 3.70. The first-order valence-electron chi connectivity index (χ1n) is 11.8. The first-order chi connectivity index (χ1) is 17.0. The summed E-state index contributed by atoms with van der Waals surface area (Å²) in [5, 5.41) is 1.41. The van der Waals surface area contributed by atoms with Crippen molar-refractivity contribution in [1.82, 2.24) is 29.4 Å². The largest absolute Gasteiger partial charge is 0.383 e. The lowest BCUT2D eigenvalue weighted by Gasteiger charge is -2.38. The first kappa shape index (κ1) is 21.6. The highest BCUT2D eigenvalue weighted by Gasteiger charge is 2.33. The molecule has 0 amide bonds. The maximum absolute atomic E-state index is 16.0. The molecule has 0 aliphatic heterocycles. The molecule has 0 unspecified atom stereocenters. The van der Waals surface area contributed by atoms with Gasteiger partial charge in [0.15, 0.2) is 5.82 Å². The minimum atomic E-state index is -0.387. The van der Waals surface area contributed by atoms with Gasteiger partial charge in [-0.25, -0.2) is 19.3 Å². The van der Waals surface area contributed by atoms with Crippen LogP contribution < -0.4 is 5.73 Å². The predicted molar refractivity (Wildman–Crippen MR) is 136 cm³/mol. The van der Waals surface area contributed by atoms with E-state index in [4.69, 9.17) is 5.73 Å². The molecule has 6 rings (SSSR count). The van der Waals surface area contributed by atoms with Crippen molar-refractivity contribution in [3.05, 3.63) is 67.0 Å². The number of hydrogen-bond donors (Lipinski definition) is 1. The van der Waals surface area contributed by atoms with E-state index >= 15 is 4.39 Å². The summed E-state index contributed by atoms with van der Waals surface area (Å²) >= 11 is 0. The molecule has 1 aliphatic carbocycles. The lowest BCUT2D eigenvalue weighted by atomic mass is 9.80. The molecule has 8 heteroatoms. The molecule has 35 heavy (non-hydrogen) atoms. The van der Waals surface area contributed by atoms with Crippen LogP contribution in [0.4, 0.5) is 10.2 Å². The van der Waals surface area contributed by atoms with Crippen molar-refractivity contribution in [3.8, 4) is 22.5 Å². The molecule has 5 aromatic rings. The summed E-state index contributed by atoms with van der Waals surface area (Å²) in [6, 6.07) is 13.3. The summed E-state index contributed by atoms with van der Waals surface area (Å²) in [5.74, 6) is 0.603. The first-order valence-corrected chi connectivity index (χ1v) is 11.8. The summed E-state index contributed by atoms with van der Waals surface area (Å²) < 4.78 is 18.2. The van der Waals surface area contributed by atoms with Crippen LogP contribution in [-0.2, 0) is 0 Å². The zero-order chi connectivity index (χ0) is 24.1. The predicted octanol–water partition coefficient (Wildman–Crippen LogP) is 4.94. The summed E-state index contributed by atoms with van der Waals surface area (Å²) in [4.78, 5) is 20.0. The summed E-state index contributed by atoms with van der Waals surface area (Å²) in [7, 11) is 4.19. The second-order valence-corrected chi connectivity index (χ2v) is 9.57. The molecule has 0 spiro atoms. The van der Waals surface area contributed by atoms with Crippen LogP contribution in [0.5, 0.6) is 0 Å². The van der Waals surface area contributed by atoms with Crippen molar-refractivity contribution in [2.45, 2.75) is 18.9 Å². The number of nitrogens with two attached hydrogens (primary N) is 1. The lowest BCUT2D eigenvalue weighted by Crippen LogP contribution is -2.33. The Bertz CT molecular complexity index is 1540. The number of hydrogen-bond acceptors (Lipinski definition) is 6. The molecule has 2 N–H and O–H groups in total. The summed E-state index contributed by atoms with van der Waals surface area (Å²) in [6.45, 7) is 1.06. The van der Waals surface area contributed by atoms with Gasteiger partial charge in [0, 0.05) is 41.5 Å². The molecular weight excluding hydrogens is 441 g/mol. The van der Waals surface area contributed by atoms with E-state index in [-0.39, 0.29) is 5.82 Å². The Kier molecular flexibility index (Phi) is 5.18. The van der Waals surface area contributed by atoms with Gasteiger partial charge in [0.25, 0.3) is 0 Å². The number of fused-ring (bicyclic) bond motifs is 2. The fourth-order valence-electron chi connectivity index (χ4n) is 5.20. The van der Waals surface area contributed by atoms with E-state index in [1.54, 1.807) is 12.3 Å². The average Bonchev–Trinajstić information content (AvgIpc) is 3.22. The summed E-state index contributed by atoms with van der Waals surface area (Å²) in [6.07, 6.45) is 7.28. The van der Waals surface area contributed by atoms with Crippen molar-refractivity contribution < 1.29 is 4.39 Å². The van der Waals surface area contributed by atoms with E-state index in [0.717, 1.165) is 30.4 Å². The van der Waals surface area contributed by atoms with Crippen LogP contribution in [-0.4, -0.2) is 50.0 Å². The van der Waals surface area contributed by atoms with Crippen molar-refractivity contribution >= 4 is 27.8 Å². The fourth-order valence-corrected chi connectivity index (χ4v) is 5.20. The highest BCUT2D eigenvalue weighted by molar-refractivity contribution is 6.02. The van der Waals surface area contributed by atoms with Crippen molar-refractivity contribution in [2.75, 3.05) is 26.4 Å². The molecule has 7 nitrogen and oxygen atoms in total. The molecule has 176 valence electrons. The van der Waals surface area contributed by atoms with Crippen LogP contribution >= 0.6 is 0 Å². The van der Waals surface area contributed by atoms with Gasteiger partial charge >= 0.3 is 0 Å². The van der Waals surface area contributed by atoms with Crippen LogP contribution in [0.25, 0.3) is 44.5 Å². The van der Waals surface area contributed by atoms with Crippen LogP contribution in [0, 0.1) is 11.7 Å². The standard InChI is InChI=1S/C27H26FN7/c1-34(2)13-16-11-18(12-16)35-14-20(23-26(29)31-15-32-27(23)35)19-8-6-17-7-9-22(33-25(17)24(19)28)21-5-3-4-10-30-21/h3-10,14-16,18H,11-13H2,1-2H3,(H2,29,31,32). The Hall–Kier alpha value is -3.91. The molecule has 1 saturated carbocycles. The molecule has 4 aromatic heterocycles. The lowest BCUT2D eigenvalue weighted by molar-refractivity contribution is 0.159. The van der Waals surface area contributed by atoms with Gasteiger partial charge in [0.1, 0.15) is 23.3 Å². The zero-order valence-electron chi connectivity index (χ0n) is 19.7. The van der Waals surface area contributed by atoms with Gasteiger partial charge in [-0.15, -0.1) is 0 Å². The monoisotopic (exact) mass is 467 g/mol. The third-order valence-electron chi connectivity index (χ3n) is 6.88. The van der Waals surface area contributed by atoms with E-state index in [9.17, 15) is 0 Å². The Balaban J connectivity index is 1.47. The zero-order valence-corrected chi connectivity index (χ0v) is 19.7. The minimum Gasteiger partial charge on any atom is -0.383 e. The number of anilines is 1. The normalized spacial score (nSPS) is 17.8. The van der Waals surface area contributed by atoms with Crippen LogP contribution in [0.3, 0.4) is 0 Å². The van der Waals surface area contributed by atoms with E-state index in [0.29, 0.717) is 51.2 Å². The van der Waals surface area contributed by atoms with Crippen LogP contribution in [0.1, 0.15) is 18.9 Å². The van der Waals surface area contributed by atoms with Gasteiger partial charge in [0.2, 0.25) is 0 Å². The maximum atomic E-state index is 16.0. The molecule has 0 bridgehead atoms. The van der Waals surface area contributed by atoms with Crippen molar-refractivity contribution in [2.24, 2.45) is 5.92 Å². The van der Waals surface area contributed by atoms with Crippen molar-refractivity contribution in [3.63, 3.8) is 0 Å². The number of pyridine rings is 2. The van der Waals surface area contributed by atoms with Gasteiger partial charge in [-0.3, -0.25) is 4.98 Å². The quantitative estimate of drug-likeness (QED) is 0.394. The Morgan fingerprint density at radius 1 is 1.00 bits per heavy atom. The number of nitrogens with zero attached hydrogens (tertiary/aromatic N) is 6. The fraction of sp³-hybridized carbons (Fsp3) is 0.259. The SMILES string of the molecule is CN(C)CC1CC(n2cc(-c3ccc4ccc(-c5ccccn5)nc4c3F)c3c(N)ncnc32)C1. The smallest absolute Gasteiger partial charge is 0.157 e. The third-order valence-corrected chi connectivity index (χ3v) is 6.88. The van der Waals surface area contributed by atoms with Crippen molar-refractivity contribution in [1.29, 1.82) is 0 Å². The molecule has 0 atom stereocenters. The Morgan fingerprint density at radius 2 is 1.83 bits per heavy atom. The molecule has 0 saturated heterocycles. The van der Waals surface area contributed by atoms with Gasteiger partial charge in [-0.2, -0.15) is 0 Å².